The predicted octanol–water partition coefficient (Wildman–Crippen LogP) is 9.76. The van der Waals surface area contributed by atoms with Gasteiger partial charge in [-0.1, -0.05) is 55.7 Å². The molecule has 0 bridgehead atoms. The van der Waals surface area contributed by atoms with Crippen molar-refractivity contribution in [2.45, 2.75) is 117 Å². The van der Waals surface area contributed by atoms with Crippen molar-refractivity contribution in [2.24, 2.45) is 5.92 Å². The van der Waals surface area contributed by atoms with Crippen molar-refractivity contribution in [3.05, 3.63) is 123 Å². The summed E-state index contributed by atoms with van der Waals surface area (Å²) in [5.41, 5.74) is 5.97. The van der Waals surface area contributed by atoms with E-state index in [1.54, 1.807) is 69.5 Å². The van der Waals surface area contributed by atoms with E-state index in [0.717, 1.165) is 72.4 Å². The van der Waals surface area contributed by atoms with Crippen LogP contribution in [0.5, 0.6) is 11.5 Å². The molecule has 1 N–H and O–H groups in total. The second-order valence-corrected chi connectivity index (χ2v) is 22.3. The van der Waals surface area contributed by atoms with Crippen molar-refractivity contribution in [1.29, 1.82) is 10.5 Å². The molecule has 432 valence electrons. The molecule has 1 saturated carbocycles. The minimum atomic E-state index is -0.863. The molecular weight excluding hydrogens is 1050 g/mol. The van der Waals surface area contributed by atoms with Crippen molar-refractivity contribution in [1.82, 2.24) is 24.7 Å². The zero-order valence-corrected chi connectivity index (χ0v) is 48.6. The number of carbonyl (C=O) groups is 4. The number of hydrogen-bond acceptors (Lipinski definition) is 15. The van der Waals surface area contributed by atoms with Crippen molar-refractivity contribution in [2.75, 3.05) is 79.7 Å². The number of hydrogen-bond donors (Lipinski definition) is 1. The molecule has 1 saturated heterocycles. The number of carbonyl (C=O) groups excluding carboxylic acids is 4. The molecular formula is C62H77N7O11S. The zero-order valence-electron chi connectivity index (χ0n) is 47.8. The second kappa shape index (κ2) is 30.1. The molecule has 1 aliphatic carbocycles. The van der Waals surface area contributed by atoms with E-state index in [-0.39, 0.29) is 36.0 Å². The molecule has 3 atom stereocenters. The number of nitriles is 2. The maximum absolute atomic E-state index is 14.5. The van der Waals surface area contributed by atoms with Crippen molar-refractivity contribution >= 4 is 35.0 Å². The van der Waals surface area contributed by atoms with Gasteiger partial charge >= 0.3 is 6.09 Å². The fourth-order valence-corrected chi connectivity index (χ4v) is 11.0. The lowest BCUT2D eigenvalue weighted by molar-refractivity contribution is -0.140. The Morgan fingerprint density at radius 3 is 1.99 bits per heavy atom. The first-order chi connectivity index (χ1) is 39.1. The summed E-state index contributed by atoms with van der Waals surface area (Å²) in [7, 11) is 1.52. The van der Waals surface area contributed by atoms with Crippen molar-refractivity contribution in [3.8, 4) is 34.8 Å². The summed E-state index contributed by atoms with van der Waals surface area (Å²) < 4.78 is 42.0. The molecule has 2 fully saturated rings. The molecule has 7 rings (SSSR count). The Kier molecular flexibility index (Phi) is 22.8. The van der Waals surface area contributed by atoms with Crippen LogP contribution in [0.1, 0.15) is 128 Å². The third kappa shape index (κ3) is 17.2. The van der Waals surface area contributed by atoms with Gasteiger partial charge in [-0.05, 0) is 121 Å². The second-order valence-electron chi connectivity index (χ2n) is 21.4. The van der Waals surface area contributed by atoms with Gasteiger partial charge in [-0.15, -0.1) is 11.3 Å². The average molecular weight is 1130 g/mol. The van der Waals surface area contributed by atoms with Crippen LogP contribution < -0.4 is 14.8 Å². The highest BCUT2D eigenvalue weighted by molar-refractivity contribution is 7.10. The Bertz CT molecular complexity index is 2970. The normalized spacial score (nSPS) is 15.3. The molecule has 3 amide bonds. The molecule has 0 spiro atoms. The van der Waals surface area contributed by atoms with Crippen LogP contribution in [0.2, 0.25) is 0 Å². The average Bonchev–Trinajstić information content (AvgIpc) is 4.22. The van der Waals surface area contributed by atoms with E-state index in [9.17, 15) is 29.7 Å². The Morgan fingerprint density at radius 2 is 1.38 bits per heavy atom. The van der Waals surface area contributed by atoms with E-state index in [0.29, 0.717) is 106 Å². The fourth-order valence-electron chi connectivity index (χ4n) is 10.1. The summed E-state index contributed by atoms with van der Waals surface area (Å²) in [5, 5.41) is 24.6. The molecule has 3 aromatic carbocycles. The standard InChI is InChI=1S/C62H77N7O11S/c1-42-52(39-64)55(47-22-18-45(38-63)19-23-47)43(2)69(42)40-46-20-24-50(25-21-46)78-35-33-76-31-29-74-27-28-75-30-32-77-34-36-79-51-16-11-15-49(37-51)57(70)53-41-81-59(65-53)54-17-12-26-68(54)60(72)56(48-13-9-8-10-14-48)66-58(71)44(3)67(7)61(73)80-62(4,5)6/h11,15-16,18-25,37,41,44,48,54,56H,8-10,12-14,17,26-36,40H2,1-7H3,(H,66,71)/t44-,54-,56-/m0/s1. The molecule has 3 heterocycles. The summed E-state index contributed by atoms with van der Waals surface area (Å²) in [4.78, 5) is 62.5. The number of thiazole rings is 1. The van der Waals surface area contributed by atoms with Crippen LogP contribution >= 0.6 is 11.3 Å². The van der Waals surface area contributed by atoms with Crippen LogP contribution in [0.15, 0.2) is 78.2 Å². The van der Waals surface area contributed by atoms with Crippen LogP contribution in [-0.2, 0) is 39.8 Å². The summed E-state index contributed by atoms with van der Waals surface area (Å²) in [5.74, 6) is 0.389. The highest BCUT2D eigenvalue weighted by Gasteiger charge is 2.41. The summed E-state index contributed by atoms with van der Waals surface area (Å²) >= 11 is 1.35. The highest BCUT2D eigenvalue weighted by atomic mass is 32.1. The summed E-state index contributed by atoms with van der Waals surface area (Å²) in [6.07, 6.45) is 5.50. The van der Waals surface area contributed by atoms with Gasteiger partial charge in [-0.25, -0.2) is 9.78 Å². The Hall–Kier alpha value is -7.13. The van der Waals surface area contributed by atoms with Gasteiger partial charge in [0.15, 0.2) is 0 Å². The topological polar surface area (TPSA) is 217 Å². The lowest BCUT2D eigenvalue weighted by Crippen LogP contribution is -2.56. The molecule has 2 aromatic heterocycles. The number of likely N-dealkylation sites (tertiary alicyclic amines) is 1. The number of rotatable bonds is 28. The van der Waals surface area contributed by atoms with E-state index < -0.39 is 29.7 Å². The number of ketones is 1. The van der Waals surface area contributed by atoms with Crippen molar-refractivity contribution < 1.29 is 52.3 Å². The lowest BCUT2D eigenvalue weighted by atomic mass is 9.83. The third-order valence-corrected chi connectivity index (χ3v) is 15.5. The predicted molar refractivity (Wildman–Crippen MR) is 306 cm³/mol. The fraction of sp³-hybridized carbons (Fsp3) is 0.500. The van der Waals surface area contributed by atoms with Gasteiger partial charge in [0.25, 0.3) is 0 Å². The van der Waals surface area contributed by atoms with Crippen molar-refractivity contribution in [3.63, 3.8) is 0 Å². The van der Waals surface area contributed by atoms with E-state index in [2.05, 4.69) is 22.0 Å². The van der Waals surface area contributed by atoms with Crippen LogP contribution in [0.25, 0.3) is 11.1 Å². The summed E-state index contributed by atoms with van der Waals surface area (Å²) in [6, 6.07) is 24.7. The number of benzene rings is 3. The minimum Gasteiger partial charge on any atom is -0.491 e. The number of ether oxygens (including phenoxy) is 7. The maximum Gasteiger partial charge on any atom is 0.410 e. The first kappa shape index (κ1) is 61.5. The van der Waals surface area contributed by atoms with E-state index in [1.807, 2.05) is 55.1 Å². The largest absolute Gasteiger partial charge is 0.491 e. The van der Waals surface area contributed by atoms with Gasteiger partial charge in [0.1, 0.15) is 59.2 Å². The smallest absolute Gasteiger partial charge is 0.410 e. The number of amides is 3. The van der Waals surface area contributed by atoms with Gasteiger partial charge in [-0.3, -0.25) is 19.3 Å². The molecule has 1 aliphatic heterocycles. The molecule has 18 nitrogen and oxygen atoms in total. The van der Waals surface area contributed by atoms with Gasteiger partial charge in [-0.2, -0.15) is 10.5 Å². The Balaban J connectivity index is 0.743. The quantitative estimate of drug-likeness (QED) is 0.0364. The molecule has 19 heteroatoms. The van der Waals surface area contributed by atoms with Crippen LogP contribution in [0, 0.1) is 42.4 Å². The van der Waals surface area contributed by atoms with Gasteiger partial charge in [0, 0.05) is 48.0 Å². The van der Waals surface area contributed by atoms with Gasteiger partial charge in [0.2, 0.25) is 17.6 Å². The molecule has 5 aromatic rings. The van der Waals surface area contributed by atoms with Crippen LogP contribution in [-0.4, -0.2) is 140 Å². The first-order valence-electron chi connectivity index (χ1n) is 28.0. The highest BCUT2D eigenvalue weighted by Crippen LogP contribution is 2.37. The molecule has 2 aliphatic rings. The molecule has 0 unspecified atom stereocenters. The lowest BCUT2D eigenvalue weighted by Gasteiger charge is -2.36. The number of nitrogens with zero attached hydrogens (tertiary/aromatic N) is 6. The number of aromatic nitrogens is 2. The zero-order chi connectivity index (χ0) is 57.9. The van der Waals surface area contributed by atoms with E-state index >= 15 is 0 Å². The first-order valence-corrected chi connectivity index (χ1v) is 28.9. The number of likely N-dealkylation sites (N-methyl/N-ethyl adjacent to an activating group) is 1. The minimum absolute atomic E-state index is 0.0359. The Labute approximate surface area is 480 Å². The monoisotopic (exact) mass is 1130 g/mol. The Morgan fingerprint density at radius 1 is 0.765 bits per heavy atom. The number of nitrogens with one attached hydrogen (secondary N) is 1. The summed E-state index contributed by atoms with van der Waals surface area (Å²) in [6.45, 7) is 15.9. The molecule has 81 heavy (non-hydrogen) atoms. The van der Waals surface area contributed by atoms with Crippen LogP contribution in [0.4, 0.5) is 4.79 Å². The molecule has 0 radical (unpaired) electrons. The van der Waals surface area contributed by atoms with Gasteiger partial charge < -0.3 is 47.9 Å². The maximum atomic E-state index is 14.5. The van der Waals surface area contributed by atoms with E-state index in [1.165, 1.54) is 23.3 Å². The van der Waals surface area contributed by atoms with Crippen LogP contribution in [0.3, 0.4) is 0 Å². The van der Waals surface area contributed by atoms with Gasteiger partial charge in [0.05, 0.1) is 76.1 Å². The SMILES string of the molecule is Cc1c(C#N)c(-c2ccc(C#N)cc2)c(C)n1Cc1ccc(OCCOCCOCCOCCOCCOc2cccc(C(=O)c3csc([C@@H]4CCCN4C(=O)[C@@H](NC(=O)[C@H](C)N(C)C(=O)OC(C)(C)C)C4CCCCC4)n3)c2)cc1. The van der Waals surface area contributed by atoms with E-state index in [4.69, 9.17) is 38.1 Å². The third-order valence-electron chi connectivity index (χ3n) is 14.6.